The van der Waals surface area contributed by atoms with Crippen molar-refractivity contribution in [3.05, 3.63) is 34.6 Å². The van der Waals surface area contributed by atoms with Gasteiger partial charge in [0.15, 0.2) is 0 Å². The van der Waals surface area contributed by atoms with Crippen molar-refractivity contribution in [2.24, 2.45) is 0 Å². The van der Waals surface area contributed by atoms with E-state index in [4.69, 9.17) is 16.7 Å². The number of likely N-dealkylation sites (tertiary alicyclic amines) is 1. The van der Waals surface area contributed by atoms with E-state index in [0.717, 1.165) is 38.8 Å². The largest absolute Gasteiger partial charge is 0.481 e. The minimum atomic E-state index is -0.918. The van der Waals surface area contributed by atoms with Crippen molar-refractivity contribution in [1.82, 2.24) is 4.90 Å². The molecule has 0 spiro atoms. The van der Waals surface area contributed by atoms with Crippen molar-refractivity contribution >= 4 is 17.6 Å². The molecule has 0 aromatic heterocycles. The van der Waals surface area contributed by atoms with Gasteiger partial charge >= 0.3 is 5.97 Å². The lowest BCUT2D eigenvalue weighted by Crippen LogP contribution is -2.32. The number of nitrogens with zero attached hydrogens (tertiary/aromatic N) is 1. The Balaban J connectivity index is 2.30. The normalized spacial score (nSPS) is 18.5. The number of carbonyl (C=O) groups is 1. The quantitative estimate of drug-likeness (QED) is 0.917. The first-order valence-electron chi connectivity index (χ1n) is 6.98. The number of rotatable bonds is 4. The summed E-state index contributed by atoms with van der Waals surface area (Å²) in [6.07, 6.45) is 4.25. The molecule has 1 aromatic carbocycles. The van der Waals surface area contributed by atoms with Gasteiger partial charge < -0.3 is 5.11 Å². The number of halogens is 2. The third-order valence-electron chi connectivity index (χ3n) is 3.77. The van der Waals surface area contributed by atoms with Gasteiger partial charge in [0.25, 0.3) is 0 Å². The van der Waals surface area contributed by atoms with E-state index in [0.29, 0.717) is 10.6 Å². The van der Waals surface area contributed by atoms with E-state index in [1.807, 2.05) is 0 Å². The molecule has 1 aliphatic rings. The van der Waals surface area contributed by atoms with Crippen molar-refractivity contribution in [2.75, 3.05) is 13.1 Å². The lowest BCUT2D eigenvalue weighted by molar-refractivity contribution is -0.138. The van der Waals surface area contributed by atoms with Gasteiger partial charge in [-0.2, -0.15) is 0 Å². The van der Waals surface area contributed by atoms with Gasteiger partial charge in [-0.05, 0) is 44.1 Å². The molecule has 20 heavy (non-hydrogen) atoms. The molecular formula is C15H19ClFNO2. The monoisotopic (exact) mass is 299 g/mol. The molecule has 2 rings (SSSR count). The van der Waals surface area contributed by atoms with E-state index in [1.165, 1.54) is 12.1 Å². The molecule has 1 unspecified atom stereocenters. The molecule has 3 nitrogen and oxygen atoms in total. The minimum absolute atomic E-state index is 0.0999. The lowest BCUT2D eigenvalue weighted by atomic mass is 10.0. The van der Waals surface area contributed by atoms with Gasteiger partial charge in [-0.15, -0.1) is 0 Å². The van der Waals surface area contributed by atoms with E-state index in [1.54, 1.807) is 6.07 Å². The van der Waals surface area contributed by atoms with Crippen molar-refractivity contribution in [2.45, 2.75) is 38.1 Å². The maximum atomic E-state index is 14.0. The standard InChI is InChI=1S/C15H19ClFNO2/c16-11-5-6-13(17)12(9-11)14(10-15(19)20)18-7-3-1-2-4-8-18/h5-6,9,14H,1-4,7-8,10H2,(H,19,20). The molecule has 1 aromatic rings. The van der Waals surface area contributed by atoms with Crippen LogP contribution >= 0.6 is 11.6 Å². The van der Waals surface area contributed by atoms with Crippen LogP contribution in [0.1, 0.15) is 43.7 Å². The maximum absolute atomic E-state index is 14.0. The summed E-state index contributed by atoms with van der Waals surface area (Å²) in [5.74, 6) is -1.30. The van der Waals surface area contributed by atoms with Crippen LogP contribution in [0.3, 0.4) is 0 Å². The van der Waals surface area contributed by atoms with E-state index in [-0.39, 0.29) is 12.2 Å². The van der Waals surface area contributed by atoms with Crippen LogP contribution in [0.5, 0.6) is 0 Å². The highest BCUT2D eigenvalue weighted by molar-refractivity contribution is 6.30. The first kappa shape index (κ1) is 15.3. The summed E-state index contributed by atoms with van der Waals surface area (Å²) in [5.41, 5.74) is 0.391. The zero-order chi connectivity index (χ0) is 14.5. The predicted molar refractivity (Wildman–Crippen MR) is 76.4 cm³/mol. The summed E-state index contributed by atoms with van der Waals surface area (Å²) in [6.45, 7) is 1.62. The molecule has 1 atom stereocenters. The van der Waals surface area contributed by atoms with Crippen LogP contribution in [0.15, 0.2) is 18.2 Å². The van der Waals surface area contributed by atoms with E-state index in [9.17, 15) is 9.18 Å². The summed E-state index contributed by atoms with van der Waals surface area (Å²) in [6, 6.07) is 3.91. The van der Waals surface area contributed by atoms with Crippen LogP contribution < -0.4 is 0 Å². The molecule has 1 heterocycles. The van der Waals surface area contributed by atoms with Gasteiger partial charge in [0.2, 0.25) is 0 Å². The number of hydrogen-bond donors (Lipinski definition) is 1. The molecule has 5 heteroatoms. The van der Waals surface area contributed by atoms with Gasteiger partial charge in [0.05, 0.1) is 6.42 Å². The van der Waals surface area contributed by atoms with Gasteiger partial charge in [0, 0.05) is 16.6 Å². The number of carboxylic acids is 1. The number of hydrogen-bond acceptors (Lipinski definition) is 2. The molecule has 110 valence electrons. The molecule has 1 saturated heterocycles. The van der Waals surface area contributed by atoms with Gasteiger partial charge in [-0.1, -0.05) is 24.4 Å². The maximum Gasteiger partial charge on any atom is 0.305 e. The first-order valence-corrected chi connectivity index (χ1v) is 7.36. The highest BCUT2D eigenvalue weighted by atomic mass is 35.5. The second kappa shape index (κ2) is 7.04. The topological polar surface area (TPSA) is 40.5 Å². The van der Waals surface area contributed by atoms with Crippen LogP contribution in [0.4, 0.5) is 4.39 Å². The summed E-state index contributed by atoms with van der Waals surface area (Å²) in [7, 11) is 0. The van der Waals surface area contributed by atoms with Gasteiger partial charge in [-0.3, -0.25) is 9.69 Å². The molecule has 0 bridgehead atoms. The highest BCUT2D eigenvalue weighted by Gasteiger charge is 2.26. The van der Waals surface area contributed by atoms with Gasteiger partial charge in [-0.25, -0.2) is 4.39 Å². The molecule has 0 saturated carbocycles. The fourth-order valence-corrected chi connectivity index (χ4v) is 2.96. The zero-order valence-electron chi connectivity index (χ0n) is 11.3. The van der Waals surface area contributed by atoms with Crippen molar-refractivity contribution in [1.29, 1.82) is 0 Å². The molecule has 0 aliphatic carbocycles. The highest BCUT2D eigenvalue weighted by Crippen LogP contribution is 2.30. The Morgan fingerprint density at radius 1 is 1.30 bits per heavy atom. The van der Waals surface area contributed by atoms with E-state index in [2.05, 4.69) is 4.90 Å². The minimum Gasteiger partial charge on any atom is -0.481 e. The average Bonchev–Trinajstić information content (AvgIpc) is 2.67. The van der Waals surface area contributed by atoms with Crippen LogP contribution in [0.25, 0.3) is 0 Å². The Kier molecular flexibility index (Phi) is 5.38. The number of carboxylic acid groups (broad SMARTS) is 1. The Bertz CT molecular complexity index is 473. The van der Waals surface area contributed by atoms with Crippen LogP contribution in [-0.2, 0) is 4.79 Å². The zero-order valence-corrected chi connectivity index (χ0v) is 12.1. The predicted octanol–water partition coefficient (Wildman–Crippen LogP) is 3.87. The summed E-state index contributed by atoms with van der Waals surface area (Å²) < 4.78 is 14.0. The molecule has 1 N–H and O–H groups in total. The number of benzene rings is 1. The van der Waals surface area contributed by atoms with Crippen LogP contribution in [0.2, 0.25) is 5.02 Å². The average molecular weight is 300 g/mol. The van der Waals surface area contributed by atoms with Crippen LogP contribution in [-0.4, -0.2) is 29.1 Å². The molecule has 0 radical (unpaired) electrons. The summed E-state index contributed by atoms with van der Waals surface area (Å²) >= 11 is 5.94. The lowest BCUT2D eigenvalue weighted by Gasteiger charge is -2.30. The Morgan fingerprint density at radius 3 is 2.55 bits per heavy atom. The first-order chi connectivity index (χ1) is 9.58. The Labute approximate surface area is 123 Å². The molecule has 1 aliphatic heterocycles. The van der Waals surface area contributed by atoms with Crippen molar-refractivity contribution in [3.63, 3.8) is 0 Å². The third-order valence-corrected chi connectivity index (χ3v) is 4.00. The third kappa shape index (κ3) is 3.93. The Morgan fingerprint density at radius 2 is 1.95 bits per heavy atom. The summed E-state index contributed by atoms with van der Waals surface area (Å²) in [5, 5.41) is 9.56. The van der Waals surface area contributed by atoms with Crippen LogP contribution in [0, 0.1) is 5.82 Å². The fraction of sp³-hybridized carbons (Fsp3) is 0.533. The van der Waals surface area contributed by atoms with Gasteiger partial charge in [0.1, 0.15) is 5.82 Å². The second-order valence-electron chi connectivity index (χ2n) is 5.23. The van der Waals surface area contributed by atoms with Crippen molar-refractivity contribution in [3.8, 4) is 0 Å². The molecule has 0 amide bonds. The Hall–Kier alpha value is -1.13. The number of aliphatic carboxylic acids is 1. The fourth-order valence-electron chi connectivity index (χ4n) is 2.78. The SMILES string of the molecule is O=C(O)CC(c1cc(Cl)ccc1F)N1CCCCCC1. The molecule has 1 fully saturated rings. The summed E-state index contributed by atoms with van der Waals surface area (Å²) in [4.78, 5) is 13.2. The van der Waals surface area contributed by atoms with Crippen molar-refractivity contribution < 1.29 is 14.3 Å². The molecular weight excluding hydrogens is 281 g/mol. The second-order valence-corrected chi connectivity index (χ2v) is 5.67. The van der Waals surface area contributed by atoms with E-state index >= 15 is 0 Å². The van der Waals surface area contributed by atoms with E-state index < -0.39 is 12.0 Å². The smallest absolute Gasteiger partial charge is 0.305 e.